The normalized spacial score (nSPS) is 10.7. The number of nitrogen functional groups attached to an aromatic ring is 1. The molecule has 3 aromatic rings. The van der Waals surface area contributed by atoms with Gasteiger partial charge in [0.25, 0.3) is 0 Å². The first-order chi connectivity index (χ1) is 9.65. The van der Waals surface area contributed by atoms with Crippen LogP contribution in [0.1, 0.15) is 0 Å². The summed E-state index contributed by atoms with van der Waals surface area (Å²) in [5, 5.41) is 1.37. The van der Waals surface area contributed by atoms with Gasteiger partial charge < -0.3 is 10.5 Å². The molecule has 0 aliphatic rings. The third-order valence-corrected chi connectivity index (χ3v) is 3.52. The van der Waals surface area contributed by atoms with Crippen molar-refractivity contribution in [1.29, 1.82) is 0 Å². The van der Waals surface area contributed by atoms with Crippen LogP contribution in [0.3, 0.4) is 0 Å². The van der Waals surface area contributed by atoms with E-state index < -0.39 is 0 Å². The molecule has 0 aliphatic heterocycles. The molecule has 0 amide bonds. The van der Waals surface area contributed by atoms with Gasteiger partial charge in [-0.25, -0.2) is 4.98 Å². The van der Waals surface area contributed by atoms with Crippen molar-refractivity contribution in [3.8, 4) is 11.6 Å². The minimum absolute atomic E-state index is 0.435. The molecule has 0 atom stereocenters. The molecular formula is C14H9BrClN3O. The molecule has 2 aromatic heterocycles. The summed E-state index contributed by atoms with van der Waals surface area (Å²) in [7, 11) is 0. The number of rotatable bonds is 2. The van der Waals surface area contributed by atoms with Crippen molar-refractivity contribution in [3.05, 3.63) is 52.2 Å². The van der Waals surface area contributed by atoms with E-state index in [0.717, 1.165) is 5.39 Å². The zero-order valence-electron chi connectivity index (χ0n) is 10.2. The number of nitrogens with zero attached hydrogens (tertiary/aromatic N) is 2. The Balaban J connectivity index is 2.09. The average Bonchev–Trinajstić information content (AvgIpc) is 2.45. The van der Waals surface area contributed by atoms with Crippen LogP contribution in [0, 0.1) is 0 Å². The molecular weight excluding hydrogens is 342 g/mol. The molecule has 0 unspecified atom stereocenters. The van der Waals surface area contributed by atoms with Crippen molar-refractivity contribution in [2.75, 3.05) is 5.73 Å². The molecule has 0 saturated carbocycles. The van der Waals surface area contributed by atoms with Crippen molar-refractivity contribution in [2.45, 2.75) is 0 Å². The van der Waals surface area contributed by atoms with Gasteiger partial charge in [0.05, 0.1) is 20.7 Å². The summed E-state index contributed by atoms with van der Waals surface area (Å²) in [6.07, 6.45) is 3.22. The van der Waals surface area contributed by atoms with Gasteiger partial charge in [-0.05, 0) is 46.3 Å². The van der Waals surface area contributed by atoms with Gasteiger partial charge >= 0.3 is 0 Å². The first-order valence-corrected chi connectivity index (χ1v) is 6.94. The van der Waals surface area contributed by atoms with Crippen molar-refractivity contribution in [3.63, 3.8) is 0 Å². The molecule has 100 valence electrons. The molecule has 0 spiro atoms. The number of hydrogen-bond donors (Lipinski definition) is 1. The first-order valence-electron chi connectivity index (χ1n) is 5.77. The van der Waals surface area contributed by atoms with Gasteiger partial charge in [0.15, 0.2) is 0 Å². The van der Waals surface area contributed by atoms with E-state index in [9.17, 15) is 0 Å². The monoisotopic (exact) mass is 349 g/mol. The quantitative estimate of drug-likeness (QED) is 0.695. The van der Waals surface area contributed by atoms with E-state index in [1.54, 1.807) is 24.4 Å². The van der Waals surface area contributed by atoms with E-state index in [4.69, 9.17) is 22.1 Å². The van der Waals surface area contributed by atoms with Crippen LogP contribution >= 0.6 is 27.5 Å². The SMILES string of the molecule is Nc1ccc(Oc2ncc(Cl)cc2Br)c2cccnc12. The number of nitrogens with two attached hydrogens (primary N) is 1. The number of hydrogen-bond acceptors (Lipinski definition) is 4. The molecule has 0 bridgehead atoms. The van der Waals surface area contributed by atoms with Crippen molar-refractivity contribution in [1.82, 2.24) is 9.97 Å². The molecule has 1 aromatic carbocycles. The topological polar surface area (TPSA) is 61.0 Å². The Hall–Kier alpha value is -1.85. The van der Waals surface area contributed by atoms with Gasteiger partial charge in [-0.3, -0.25) is 4.98 Å². The van der Waals surface area contributed by atoms with E-state index in [1.807, 2.05) is 12.1 Å². The summed E-state index contributed by atoms with van der Waals surface area (Å²) < 4.78 is 6.50. The summed E-state index contributed by atoms with van der Waals surface area (Å²) in [4.78, 5) is 8.41. The van der Waals surface area contributed by atoms with E-state index in [1.165, 1.54) is 6.20 Å². The van der Waals surface area contributed by atoms with E-state index >= 15 is 0 Å². The molecule has 4 nitrogen and oxygen atoms in total. The number of anilines is 1. The largest absolute Gasteiger partial charge is 0.437 e. The Morgan fingerprint density at radius 2 is 2.05 bits per heavy atom. The summed E-state index contributed by atoms with van der Waals surface area (Å²) in [6.45, 7) is 0. The molecule has 0 aliphatic carbocycles. The maximum Gasteiger partial charge on any atom is 0.233 e. The van der Waals surface area contributed by atoms with Crippen molar-refractivity contribution >= 4 is 44.1 Å². The predicted octanol–water partition coefficient (Wildman–Crippen LogP) is 4.42. The van der Waals surface area contributed by atoms with E-state index in [-0.39, 0.29) is 0 Å². The molecule has 3 rings (SSSR count). The first kappa shape index (κ1) is 13.1. The van der Waals surface area contributed by atoms with Crippen LogP contribution < -0.4 is 10.5 Å². The molecule has 2 heterocycles. The third kappa shape index (κ3) is 2.42. The van der Waals surface area contributed by atoms with E-state index in [0.29, 0.717) is 32.3 Å². The van der Waals surface area contributed by atoms with Crippen LogP contribution in [0.25, 0.3) is 10.9 Å². The second-order valence-electron chi connectivity index (χ2n) is 4.10. The number of aromatic nitrogens is 2. The van der Waals surface area contributed by atoms with Gasteiger partial charge in [-0.2, -0.15) is 0 Å². The minimum atomic E-state index is 0.435. The van der Waals surface area contributed by atoms with Gasteiger partial charge in [-0.1, -0.05) is 11.6 Å². The summed E-state index contributed by atoms with van der Waals surface area (Å²) in [5.41, 5.74) is 7.22. The maximum atomic E-state index is 5.91. The zero-order valence-corrected chi connectivity index (χ0v) is 12.5. The fourth-order valence-electron chi connectivity index (χ4n) is 1.84. The zero-order chi connectivity index (χ0) is 14.1. The highest BCUT2D eigenvalue weighted by Gasteiger charge is 2.10. The van der Waals surface area contributed by atoms with Gasteiger partial charge in [-0.15, -0.1) is 0 Å². The Kier molecular flexibility index (Phi) is 3.46. The average molecular weight is 351 g/mol. The molecule has 0 fully saturated rings. The molecule has 2 N–H and O–H groups in total. The lowest BCUT2D eigenvalue weighted by atomic mass is 10.2. The van der Waals surface area contributed by atoms with Crippen molar-refractivity contribution in [2.24, 2.45) is 0 Å². The Bertz CT molecular complexity index is 794. The van der Waals surface area contributed by atoms with Crippen LogP contribution in [-0.4, -0.2) is 9.97 Å². The standard InChI is InChI=1S/C14H9BrClN3O/c15-10-6-8(16)7-19-14(10)20-12-4-3-11(17)13-9(12)2-1-5-18-13/h1-7H,17H2. The smallest absolute Gasteiger partial charge is 0.233 e. The third-order valence-electron chi connectivity index (χ3n) is 2.74. The predicted molar refractivity (Wildman–Crippen MR) is 83.2 cm³/mol. The fourth-order valence-corrected chi connectivity index (χ4v) is 2.56. The van der Waals surface area contributed by atoms with Crippen LogP contribution in [0.4, 0.5) is 5.69 Å². The number of benzene rings is 1. The molecule has 0 saturated heterocycles. The fraction of sp³-hybridized carbons (Fsp3) is 0. The second-order valence-corrected chi connectivity index (χ2v) is 5.39. The minimum Gasteiger partial charge on any atom is -0.437 e. The van der Waals surface area contributed by atoms with Crippen LogP contribution in [0.15, 0.2) is 47.2 Å². The Morgan fingerprint density at radius 1 is 1.20 bits per heavy atom. The van der Waals surface area contributed by atoms with Crippen LogP contribution in [0.5, 0.6) is 11.6 Å². The number of ether oxygens (including phenoxy) is 1. The summed E-state index contributed by atoms with van der Waals surface area (Å²) in [5.74, 6) is 1.07. The highest BCUT2D eigenvalue weighted by Crippen LogP contribution is 2.34. The van der Waals surface area contributed by atoms with Crippen LogP contribution in [-0.2, 0) is 0 Å². The number of pyridine rings is 2. The lowest BCUT2D eigenvalue weighted by molar-refractivity contribution is 0.465. The molecule has 20 heavy (non-hydrogen) atoms. The summed E-state index contributed by atoms with van der Waals surface area (Å²) in [6, 6.07) is 9.01. The lowest BCUT2D eigenvalue weighted by Crippen LogP contribution is -1.94. The number of fused-ring (bicyclic) bond motifs is 1. The summed E-state index contributed by atoms with van der Waals surface area (Å²) >= 11 is 9.23. The van der Waals surface area contributed by atoms with E-state index in [2.05, 4.69) is 25.9 Å². The maximum absolute atomic E-state index is 5.91. The highest BCUT2D eigenvalue weighted by molar-refractivity contribution is 9.10. The van der Waals surface area contributed by atoms with Gasteiger partial charge in [0.2, 0.25) is 5.88 Å². The van der Waals surface area contributed by atoms with Gasteiger partial charge in [0.1, 0.15) is 5.75 Å². The Morgan fingerprint density at radius 3 is 2.85 bits per heavy atom. The highest BCUT2D eigenvalue weighted by atomic mass is 79.9. The molecule has 0 radical (unpaired) electrons. The second kappa shape index (κ2) is 5.26. The van der Waals surface area contributed by atoms with Gasteiger partial charge in [0, 0.05) is 17.8 Å². The van der Waals surface area contributed by atoms with Crippen molar-refractivity contribution < 1.29 is 4.74 Å². The molecule has 6 heteroatoms. The Labute approximate surface area is 128 Å². The van der Waals surface area contributed by atoms with Crippen LogP contribution in [0.2, 0.25) is 5.02 Å². The number of halogens is 2. The lowest BCUT2D eigenvalue weighted by Gasteiger charge is -2.10.